The Kier molecular flexibility index (Phi) is 4.44. The molecule has 0 aliphatic carbocycles. The zero-order valence-electron chi connectivity index (χ0n) is 8.51. The summed E-state index contributed by atoms with van der Waals surface area (Å²) in [5.41, 5.74) is 0. The first kappa shape index (κ1) is 10.4. The molecule has 0 bridgehead atoms. The van der Waals surface area contributed by atoms with E-state index in [0.29, 0.717) is 0 Å². The number of quaternary nitrogens is 1. The molecule has 0 radical (unpaired) electrons. The number of nitrogens with zero attached hydrogens (tertiary/aromatic N) is 1. The molecule has 0 aromatic rings. The predicted molar refractivity (Wildman–Crippen MR) is 57.6 cm³/mol. The molecule has 2 heteroatoms. The van der Waals surface area contributed by atoms with Crippen molar-refractivity contribution >= 4 is 11.8 Å². The topological polar surface area (TPSA) is 0 Å². The number of likely N-dealkylation sites (tertiary alicyclic amines) is 1. The number of piperidine rings is 1. The molecule has 0 unspecified atom stereocenters. The summed E-state index contributed by atoms with van der Waals surface area (Å²) in [6.45, 7) is 4.25. The zero-order chi connectivity index (χ0) is 8.86. The fourth-order valence-electron chi connectivity index (χ4n) is 2.09. The van der Waals surface area contributed by atoms with Crippen LogP contribution in [0.1, 0.15) is 25.7 Å². The van der Waals surface area contributed by atoms with Gasteiger partial charge in [-0.05, 0) is 31.3 Å². The van der Waals surface area contributed by atoms with Crippen molar-refractivity contribution in [3.63, 3.8) is 0 Å². The minimum atomic E-state index is 1.34. The molecule has 1 saturated heterocycles. The fourth-order valence-corrected chi connectivity index (χ4v) is 2.51. The van der Waals surface area contributed by atoms with E-state index in [-0.39, 0.29) is 0 Å². The molecule has 1 heterocycles. The van der Waals surface area contributed by atoms with Crippen LogP contribution in [0.3, 0.4) is 0 Å². The molecule has 1 fully saturated rings. The molecule has 1 nitrogen and oxygen atoms in total. The van der Waals surface area contributed by atoms with Gasteiger partial charge in [0.05, 0.1) is 26.7 Å². The maximum absolute atomic E-state index is 2.43. The van der Waals surface area contributed by atoms with Gasteiger partial charge >= 0.3 is 0 Å². The highest BCUT2D eigenvalue weighted by atomic mass is 32.2. The smallest absolute Gasteiger partial charge is 0.0792 e. The Morgan fingerprint density at radius 1 is 1.17 bits per heavy atom. The van der Waals surface area contributed by atoms with E-state index >= 15 is 0 Å². The first-order valence-electron chi connectivity index (χ1n) is 5.09. The summed E-state index contributed by atoms with van der Waals surface area (Å²) in [5, 5.41) is 0. The Bertz CT molecular complexity index is 119. The van der Waals surface area contributed by atoms with Crippen molar-refractivity contribution in [2.75, 3.05) is 38.7 Å². The number of hydrogen-bond acceptors (Lipinski definition) is 1. The molecule has 0 atom stereocenters. The van der Waals surface area contributed by atoms with E-state index in [9.17, 15) is 0 Å². The van der Waals surface area contributed by atoms with Crippen LogP contribution < -0.4 is 0 Å². The van der Waals surface area contributed by atoms with Gasteiger partial charge in [0.2, 0.25) is 0 Å². The van der Waals surface area contributed by atoms with Crippen LogP contribution in [-0.2, 0) is 0 Å². The summed E-state index contributed by atoms with van der Waals surface area (Å²) >= 11 is 1.98. The SMILES string of the molecule is CSCCC[N+]1(C)CCCCC1. The van der Waals surface area contributed by atoms with E-state index in [1.165, 1.54) is 55.6 Å². The quantitative estimate of drug-likeness (QED) is 0.482. The first-order chi connectivity index (χ1) is 5.77. The van der Waals surface area contributed by atoms with Gasteiger partial charge in [0.1, 0.15) is 0 Å². The minimum absolute atomic E-state index is 1.34. The highest BCUT2D eigenvalue weighted by Gasteiger charge is 2.23. The highest BCUT2D eigenvalue weighted by Crippen LogP contribution is 2.16. The minimum Gasteiger partial charge on any atom is -0.326 e. The van der Waals surface area contributed by atoms with Crippen molar-refractivity contribution in [2.24, 2.45) is 0 Å². The largest absolute Gasteiger partial charge is 0.326 e. The number of rotatable bonds is 4. The maximum atomic E-state index is 2.43. The van der Waals surface area contributed by atoms with Crippen LogP contribution >= 0.6 is 11.8 Å². The number of thioether (sulfide) groups is 1. The fraction of sp³-hybridized carbons (Fsp3) is 1.00. The Balaban J connectivity index is 2.17. The molecule has 0 aromatic heterocycles. The van der Waals surface area contributed by atoms with Gasteiger partial charge in [0.15, 0.2) is 0 Å². The van der Waals surface area contributed by atoms with Crippen LogP contribution in [0.15, 0.2) is 0 Å². The van der Waals surface area contributed by atoms with E-state index in [4.69, 9.17) is 0 Å². The lowest BCUT2D eigenvalue weighted by Crippen LogP contribution is -2.48. The van der Waals surface area contributed by atoms with E-state index in [0.717, 1.165) is 0 Å². The van der Waals surface area contributed by atoms with Crippen molar-refractivity contribution in [3.05, 3.63) is 0 Å². The highest BCUT2D eigenvalue weighted by molar-refractivity contribution is 7.98. The lowest BCUT2D eigenvalue weighted by molar-refractivity contribution is -0.914. The van der Waals surface area contributed by atoms with Crippen LogP contribution in [0.4, 0.5) is 0 Å². The van der Waals surface area contributed by atoms with Crippen LogP contribution in [0.2, 0.25) is 0 Å². The van der Waals surface area contributed by atoms with Crippen molar-refractivity contribution in [2.45, 2.75) is 25.7 Å². The summed E-state index contributed by atoms with van der Waals surface area (Å²) < 4.78 is 1.35. The van der Waals surface area contributed by atoms with Gasteiger partial charge in [0.25, 0.3) is 0 Å². The van der Waals surface area contributed by atoms with E-state index in [1.807, 2.05) is 11.8 Å². The van der Waals surface area contributed by atoms with Gasteiger partial charge in [-0.2, -0.15) is 11.8 Å². The molecule has 0 saturated carbocycles. The average Bonchev–Trinajstić information content (AvgIpc) is 2.06. The Hall–Kier alpha value is 0.310. The van der Waals surface area contributed by atoms with E-state index in [2.05, 4.69) is 13.3 Å². The molecule has 0 amide bonds. The van der Waals surface area contributed by atoms with Crippen molar-refractivity contribution < 1.29 is 4.48 Å². The van der Waals surface area contributed by atoms with Gasteiger partial charge in [-0.15, -0.1) is 0 Å². The third-order valence-electron chi connectivity index (χ3n) is 2.94. The van der Waals surface area contributed by atoms with Crippen LogP contribution in [0.25, 0.3) is 0 Å². The third-order valence-corrected chi connectivity index (χ3v) is 3.64. The molecule has 12 heavy (non-hydrogen) atoms. The number of hydrogen-bond donors (Lipinski definition) is 0. The maximum Gasteiger partial charge on any atom is 0.0792 e. The second kappa shape index (κ2) is 5.13. The third kappa shape index (κ3) is 3.36. The molecule has 0 N–H and O–H groups in total. The molecule has 1 aliphatic heterocycles. The van der Waals surface area contributed by atoms with Gasteiger partial charge in [-0.1, -0.05) is 0 Å². The van der Waals surface area contributed by atoms with Crippen LogP contribution in [-0.4, -0.2) is 43.2 Å². The monoisotopic (exact) mass is 188 g/mol. The Morgan fingerprint density at radius 2 is 1.83 bits per heavy atom. The summed E-state index contributed by atoms with van der Waals surface area (Å²) in [5.74, 6) is 1.34. The Morgan fingerprint density at radius 3 is 2.42 bits per heavy atom. The summed E-state index contributed by atoms with van der Waals surface area (Å²) in [6, 6.07) is 0. The first-order valence-corrected chi connectivity index (χ1v) is 6.49. The average molecular weight is 188 g/mol. The molecular weight excluding hydrogens is 166 g/mol. The lowest BCUT2D eigenvalue weighted by atomic mass is 10.1. The second-order valence-corrected chi connectivity index (χ2v) is 5.18. The standard InChI is InChI=1S/C10H22NS/c1-11(9-6-10-12-2)7-4-3-5-8-11/h3-10H2,1-2H3/q+1. The van der Waals surface area contributed by atoms with Crippen molar-refractivity contribution in [1.29, 1.82) is 0 Å². The second-order valence-electron chi connectivity index (χ2n) is 4.20. The predicted octanol–water partition coefficient (Wildman–Crippen LogP) is 2.37. The Labute approximate surface area is 81.1 Å². The molecular formula is C10H22NS+. The summed E-state index contributed by atoms with van der Waals surface area (Å²) in [6.07, 6.45) is 7.98. The zero-order valence-corrected chi connectivity index (χ0v) is 9.33. The van der Waals surface area contributed by atoms with Crippen LogP contribution in [0, 0.1) is 0 Å². The van der Waals surface area contributed by atoms with Gasteiger partial charge in [-0.25, -0.2) is 0 Å². The molecule has 0 aromatic carbocycles. The van der Waals surface area contributed by atoms with E-state index < -0.39 is 0 Å². The van der Waals surface area contributed by atoms with Gasteiger partial charge < -0.3 is 4.48 Å². The van der Waals surface area contributed by atoms with E-state index in [1.54, 1.807) is 0 Å². The van der Waals surface area contributed by atoms with Crippen molar-refractivity contribution in [1.82, 2.24) is 0 Å². The summed E-state index contributed by atoms with van der Waals surface area (Å²) in [7, 11) is 2.43. The molecule has 1 aliphatic rings. The molecule has 1 rings (SSSR count). The van der Waals surface area contributed by atoms with Crippen LogP contribution in [0.5, 0.6) is 0 Å². The molecule has 0 spiro atoms. The van der Waals surface area contributed by atoms with Gasteiger partial charge in [0, 0.05) is 6.42 Å². The molecule has 72 valence electrons. The summed E-state index contributed by atoms with van der Waals surface area (Å²) in [4.78, 5) is 0. The normalized spacial score (nSPS) is 22.5. The lowest BCUT2D eigenvalue weighted by Gasteiger charge is -2.37. The van der Waals surface area contributed by atoms with Crippen molar-refractivity contribution in [3.8, 4) is 0 Å². The van der Waals surface area contributed by atoms with Gasteiger partial charge in [-0.3, -0.25) is 0 Å².